The van der Waals surface area contributed by atoms with Crippen molar-refractivity contribution in [1.82, 2.24) is 9.97 Å². The number of aromatic nitrogens is 2. The molecule has 3 rings (SSSR count). The van der Waals surface area contributed by atoms with Gasteiger partial charge in [-0.1, -0.05) is 33.6 Å². The fourth-order valence-electron chi connectivity index (χ4n) is 3.41. The summed E-state index contributed by atoms with van der Waals surface area (Å²) in [7, 11) is 0. The Labute approximate surface area is 133 Å². The highest BCUT2D eigenvalue weighted by atomic mass is 16.1. The van der Waals surface area contributed by atoms with Crippen LogP contribution >= 0.6 is 0 Å². The zero-order valence-corrected chi connectivity index (χ0v) is 14.0. The molecular formula is C18H27N3O. The number of anilines is 1. The second-order valence-corrected chi connectivity index (χ2v) is 7.73. The number of hydrogen-bond donors (Lipinski definition) is 1. The fraction of sp³-hybridized carbons (Fsp3) is 0.722. The normalized spacial score (nSPS) is 19.0. The Kier molecular flexibility index (Phi) is 4.20. The van der Waals surface area contributed by atoms with Crippen molar-refractivity contribution in [2.45, 2.75) is 78.2 Å². The highest BCUT2D eigenvalue weighted by Gasteiger charge is 2.29. The molecule has 0 unspecified atom stereocenters. The molecule has 1 aromatic heterocycles. The van der Waals surface area contributed by atoms with Crippen molar-refractivity contribution >= 4 is 11.6 Å². The minimum absolute atomic E-state index is 0.0374. The van der Waals surface area contributed by atoms with Crippen LogP contribution in [-0.2, 0) is 12.8 Å². The van der Waals surface area contributed by atoms with Gasteiger partial charge in [-0.3, -0.25) is 4.79 Å². The first-order valence-corrected chi connectivity index (χ1v) is 8.66. The minimum Gasteiger partial charge on any atom is -0.367 e. The summed E-state index contributed by atoms with van der Waals surface area (Å²) >= 11 is 0. The van der Waals surface area contributed by atoms with E-state index < -0.39 is 5.41 Å². The lowest BCUT2D eigenvalue weighted by atomic mass is 9.89. The number of ketones is 1. The lowest BCUT2D eigenvalue weighted by Crippen LogP contribution is -2.26. The molecule has 1 fully saturated rings. The summed E-state index contributed by atoms with van der Waals surface area (Å²) in [6.45, 7) is 5.80. The predicted molar refractivity (Wildman–Crippen MR) is 88.3 cm³/mol. The number of aryl methyl sites for hydroxylation is 1. The molecule has 2 aliphatic rings. The van der Waals surface area contributed by atoms with Crippen LogP contribution in [0.1, 0.15) is 81.2 Å². The van der Waals surface area contributed by atoms with E-state index in [9.17, 15) is 4.79 Å². The first kappa shape index (κ1) is 15.4. The van der Waals surface area contributed by atoms with Gasteiger partial charge in [0.1, 0.15) is 5.82 Å². The average Bonchev–Trinajstić information content (AvgIpc) is 2.98. The van der Waals surface area contributed by atoms with Crippen molar-refractivity contribution in [3.05, 3.63) is 17.1 Å². The zero-order chi connectivity index (χ0) is 15.7. The Morgan fingerprint density at radius 3 is 2.41 bits per heavy atom. The molecule has 4 nitrogen and oxygen atoms in total. The SMILES string of the molecule is CC(C)(C)C(=O)c1nc2c(c(NC3CCCC3)n1)CCCC2. The van der Waals surface area contributed by atoms with Crippen LogP contribution in [0.2, 0.25) is 0 Å². The Morgan fingerprint density at radius 2 is 1.73 bits per heavy atom. The number of hydrogen-bond acceptors (Lipinski definition) is 4. The summed E-state index contributed by atoms with van der Waals surface area (Å²) in [5.74, 6) is 1.37. The number of fused-ring (bicyclic) bond motifs is 1. The smallest absolute Gasteiger partial charge is 0.205 e. The molecule has 1 saturated carbocycles. The first-order chi connectivity index (χ1) is 10.4. The van der Waals surface area contributed by atoms with E-state index in [0.717, 1.165) is 30.8 Å². The Balaban J connectivity index is 1.96. The number of rotatable bonds is 3. The highest BCUT2D eigenvalue weighted by Crippen LogP contribution is 2.30. The molecule has 1 heterocycles. The Hall–Kier alpha value is -1.45. The first-order valence-electron chi connectivity index (χ1n) is 8.66. The van der Waals surface area contributed by atoms with Crippen LogP contribution in [-0.4, -0.2) is 21.8 Å². The summed E-state index contributed by atoms with van der Waals surface area (Å²) in [6, 6.07) is 0.513. The lowest BCUT2D eigenvalue weighted by molar-refractivity contribution is 0.0846. The van der Waals surface area contributed by atoms with Gasteiger partial charge in [0.2, 0.25) is 5.78 Å². The van der Waals surface area contributed by atoms with Crippen LogP contribution in [0.15, 0.2) is 0 Å². The molecule has 0 saturated heterocycles. The van der Waals surface area contributed by atoms with E-state index in [1.165, 1.54) is 37.7 Å². The van der Waals surface area contributed by atoms with Gasteiger partial charge in [-0.25, -0.2) is 9.97 Å². The summed E-state index contributed by atoms with van der Waals surface area (Å²) in [5, 5.41) is 3.61. The fourth-order valence-corrected chi connectivity index (χ4v) is 3.41. The number of Topliss-reactive ketones (excluding diaryl/α,β-unsaturated/α-hetero) is 1. The van der Waals surface area contributed by atoms with Crippen molar-refractivity contribution in [1.29, 1.82) is 0 Å². The third-order valence-corrected chi connectivity index (χ3v) is 4.76. The van der Waals surface area contributed by atoms with Crippen molar-refractivity contribution in [2.75, 3.05) is 5.32 Å². The minimum atomic E-state index is -0.437. The molecule has 4 heteroatoms. The van der Waals surface area contributed by atoms with Crippen LogP contribution < -0.4 is 5.32 Å². The third kappa shape index (κ3) is 3.16. The lowest BCUT2D eigenvalue weighted by Gasteiger charge is -2.23. The van der Waals surface area contributed by atoms with Crippen LogP contribution in [0.25, 0.3) is 0 Å². The van der Waals surface area contributed by atoms with Crippen LogP contribution in [0, 0.1) is 5.41 Å². The molecule has 0 aliphatic heterocycles. The molecule has 0 bridgehead atoms. The van der Waals surface area contributed by atoms with E-state index in [0.29, 0.717) is 11.9 Å². The quantitative estimate of drug-likeness (QED) is 0.859. The summed E-state index contributed by atoms with van der Waals surface area (Å²) in [6.07, 6.45) is 9.37. The monoisotopic (exact) mass is 301 g/mol. The second kappa shape index (κ2) is 5.98. The van der Waals surface area contributed by atoms with Crippen molar-refractivity contribution in [3.8, 4) is 0 Å². The van der Waals surface area contributed by atoms with Crippen molar-refractivity contribution in [3.63, 3.8) is 0 Å². The molecule has 0 atom stereocenters. The molecule has 2 aliphatic carbocycles. The van der Waals surface area contributed by atoms with E-state index in [2.05, 4.69) is 15.3 Å². The molecule has 1 aromatic rings. The molecular weight excluding hydrogens is 274 g/mol. The summed E-state index contributed by atoms with van der Waals surface area (Å²) < 4.78 is 0. The van der Waals surface area contributed by atoms with Gasteiger partial charge in [0.25, 0.3) is 0 Å². The van der Waals surface area contributed by atoms with Gasteiger partial charge >= 0.3 is 0 Å². The Bertz CT molecular complexity index is 568. The standard InChI is InChI=1S/C18H27N3O/c1-18(2,3)15(22)17-20-14-11-7-6-10-13(14)16(21-17)19-12-8-4-5-9-12/h12H,4-11H2,1-3H3,(H,19,20,21). The largest absolute Gasteiger partial charge is 0.367 e. The van der Waals surface area contributed by atoms with Gasteiger partial charge in [0, 0.05) is 22.7 Å². The maximum absolute atomic E-state index is 12.6. The van der Waals surface area contributed by atoms with Gasteiger partial charge < -0.3 is 5.32 Å². The van der Waals surface area contributed by atoms with E-state index in [1.54, 1.807) is 0 Å². The number of nitrogens with one attached hydrogen (secondary N) is 1. The molecule has 0 amide bonds. The molecule has 1 N–H and O–H groups in total. The van der Waals surface area contributed by atoms with Crippen molar-refractivity contribution in [2.24, 2.45) is 5.41 Å². The van der Waals surface area contributed by atoms with Crippen molar-refractivity contribution < 1.29 is 4.79 Å². The predicted octanol–water partition coefficient (Wildman–Crippen LogP) is 3.94. The summed E-state index contributed by atoms with van der Waals surface area (Å²) in [5.41, 5.74) is 1.91. The van der Waals surface area contributed by atoms with Gasteiger partial charge in [0.15, 0.2) is 5.82 Å². The molecule has 0 aromatic carbocycles. The summed E-state index contributed by atoms with van der Waals surface area (Å²) in [4.78, 5) is 21.8. The molecule has 0 spiro atoms. The number of nitrogens with zero attached hydrogens (tertiary/aromatic N) is 2. The average molecular weight is 301 g/mol. The molecule has 120 valence electrons. The third-order valence-electron chi connectivity index (χ3n) is 4.76. The van der Waals surface area contributed by atoms with E-state index >= 15 is 0 Å². The second-order valence-electron chi connectivity index (χ2n) is 7.73. The van der Waals surface area contributed by atoms with Crippen LogP contribution in [0.3, 0.4) is 0 Å². The maximum Gasteiger partial charge on any atom is 0.205 e. The topological polar surface area (TPSA) is 54.9 Å². The highest BCUT2D eigenvalue weighted by molar-refractivity contribution is 5.97. The van der Waals surface area contributed by atoms with Gasteiger partial charge in [0.05, 0.1) is 0 Å². The van der Waals surface area contributed by atoms with Crippen LogP contribution in [0.5, 0.6) is 0 Å². The van der Waals surface area contributed by atoms with Gasteiger partial charge in [-0.05, 0) is 38.5 Å². The van der Waals surface area contributed by atoms with E-state index in [1.807, 2.05) is 20.8 Å². The number of carbonyl (C=O) groups excluding carboxylic acids is 1. The molecule has 22 heavy (non-hydrogen) atoms. The van der Waals surface area contributed by atoms with Gasteiger partial charge in [-0.2, -0.15) is 0 Å². The van der Waals surface area contributed by atoms with E-state index in [-0.39, 0.29) is 5.78 Å². The molecule has 0 radical (unpaired) electrons. The number of carbonyl (C=O) groups is 1. The van der Waals surface area contributed by atoms with Gasteiger partial charge in [-0.15, -0.1) is 0 Å². The van der Waals surface area contributed by atoms with Crippen LogP contribution in [0.4, 0.5) is 5.82 Å². The maximum atomic E-state index is 12.6. The van der Waals surface area contributed by atoms with E-state index in [4.69, 9.17) is 0 Å². The Morgan fingerprint density at radius 1 is 1.05 bits per heavy atom. The zero-order valence-electron chi connectivity index (χ0n) is 14.0.